The van der Waals surface area contributed by atoms with Crippen LogP contribution in [-0.2, 0) is 12.4 Å². The number of non-ortho nitro benzene ring substituents is 2. The van der Waals surface area contributed by atoms with Crippen molar-refractivity contribution in [2.24, 2.45) is 0 Å². The van der Waals surface area contributed by atoms with Gasteiger partial charge < -0.3 is 15.5 Å². The first-order valence-corrected chi connectivity index (χ1v) is 19.7. The average molecular weight is 900 g/mol. The first-order valence-electron chi connectivity index (χ1n) is 18.0. The minimum absolute atomic E-state index is 0.0352. The second-order valence-electron chi connectivity index (χ2n) is 13.2. The molecule has 2 N–H and O–H groups in total. The zero-order chi connectivity index (χ0) is 44.8. The molecule has 0 unspecified atom stereocenters. The number of nitrogens with zero attached hydrogens (tertiary/aromatic N) is 7. The van der Waals surface area contributed by atoms with Crippen LogP contribution in [-0.4, -0.2) is 70.0 Å². The number of hydrogen-bond donors (Lipinski definition) is 2. The number of aromatic nitrogens is 2. The number of nitro benzene ring substituents is 2. The van der Waals surface area contributed by atoms with E-state index in [1.807, 2.05) is 0 Å². The van der Waals surface area contributed by atoms with Crippen molar-refractivity contribution in [3.63, 3.8) is 0 Å². The van der Waals surface area contributed by atoms with Crippen LogP contribution in [0.5, 0.6) is 0 Å². The molecule has 0 fully saturated rings. The summed E-state index contributed by atoms with van der Waals surface area (Å²) in [6.07, 6.45) is -9.42. The first kappa shape index (κ1) is 44.6. The van der Waals surface area contributed by atoms with E-state index in [1.54, 1.807) is 29.5 Å². The maximum absolute atomic E-state index is 13.8. The number of alkyl halides is 6. The zero-order valence-electron chi connectivity index (χ0n) is 31.9. The van der Waals surface area contributed by atoms with Gasteiger partial charge in [0.1, 0.15) is 0 Å². The van der Waals surface area contributed by atoms with E-state index in [1.165, 1.54) is 58.8 Å². The number of halogens is 6. The van der Waals surface area contributed by atoms with E-state index in [2.05, 4.69) is 20.6 Å². The van der Waals surface area contributed by atoms with Crippen LogP contribution in [0.3, 0.4) is 0 Å². The number of hydrogen-bond acceptors (Lipinski definition) is 11. The second kappa shape index (κ2) is 18.7. The molecule has 0 saturated carbocycles. The Bertz CT molecular complexity index is 2600. The van der Waals surface area contributed by atoms with Gasteiger partial charge in [-0.2, -0.15) is 26.3 Å². The Morgan fingerprint density at radius 3 is 1.79 bits per heavy atom. The number of thiazole rings is 2. The molecule has 4 amide bonds. The Kier molecular flexibility index (Phi) is 13.5. The van der Waals surface area contributed by atoms with Crippen molar-refractivity contribution < 1.29 is 45.8 Å². The van der Waals surface area contributed by atoms with Crippen molar-refractivity contribution in [2.45, 2.75) is 12.4 Å². The second-order valence-corrected chi connectivity index (χ2v) is 14.9. The highest BCUT2D eigenvalue weighted by atomic mass is 32.1. The summed E-state index contributed by atoms with van der Waals surface area (Å²) in [6.45, 7) is 0.0679. The fourth-order valence-electron chi connectivity index (χ4n) is 5.78. The van der Waals surface area contributed by atoms with Crippen molar-refractivity contribution in [3.05, 3.63) is 139 Å². The SMILES string of the molecule is CN(CCNC(=O)N(c1cccc(C(F)(F)F)c1)c1nc(-c2cccc([N+](=O)[O-])c2)cs1)CCN(C(=O)Nc1cccc(C(F)(F)F)c1)c1nc(-c2cccc([N+](=O)[O-])c2)cs1. The summed E-state index contributed by atoms with van der Waals surface area (Å²) in [6, 6.07) is 17.6. The van der Waals surface area contributed by atoms with E-state index in [0.29, 0.717) is 16.8 Å². The van der Waals surface area contributed by atoms with Crippen LogP contribution in [0.1, 0.15) is 11.1 Å². The number of carbonyl (C=O) groups is 2. The van der Waals surface area contributed by atoms with Gasteiger partial charge in [-0.15, -0.1) is 22.7 Å². The zero-order valence-corrected chi connectivity index (χ0v) is 33.5. The van der Waals surface area contributed by atoms with Crippen LogP contribution in [0, 0.1) is 20.2 Å². The van der Waals surface area contributed by atoms with Gasteiger partial charge >= 0.3 is 24.4 Å². The Balaban J connectivity index is 1.18. The van der Waals surface area contributed by atoms with Crippen LogP contribution in [0.4, 0.5) is 68.9 Å². The molecule has 0 radical (unpaired) electrons. The monoisotopic (exact) mass is 899 g/mol. The number of carbonyl (C=O) groups excluding carboxylic acids is 2. The van der Waals surface area contributed by atoms with Gasteiger partial charge in [-0.1, -0.05) is 36.4 Å². The van der Waals surface area contributed by atoms with E-state index in [4.69, 9.17) is 0 Å². The molecule has 0 spiro atoms. The molecule has 23 heteroatoms. The van der Waals surface area contributed by atoms with Crippen molar-refractivity contribution in [1.29, 1.82) is 0 Å². The Morgan fingerprint density at radius 1 is 0.677 bits per heavy atom. The van der Waals surface area contributed by atoms with Gasteiger partial charge in [-0.25, -0.2) is 24.5 Å². The lowest BCUT2D eigenvalue weighted by Gasteiger charge is -2.25. The van der Waals surface area contributed by atoms with Crippen LogP contribution in [0.2, 0.25) is 0 Å². The smallest absolute Gasteiger partial charge is 0.336 e. The van der Waals surface area contributed by atoms with Crippen LogP contribution in [0.25, 0.3) is 22.5 Å². The molecular weight excluding hydrogens is 869 g/mol. The Morgan fingerprint density at radius 2 is 1.21 bits per heavy atom. The molecule has 2 heterocycles. The fraction of sp³-hybridized carbons (Fsp3) is 0.179. The third-order valence-electron chi connectivity index (χ3n) is 8.91. The molecular formula is C39H31F6N9O6S2. The predicted molar refractivity (Wildman–Crippen MR) is 221 cm³/mol. The highest BCUT2D eigenvalue weighted by molar-refractivity contribution is 7.14. The molecule has 0 saturated heterocycles. The maximum atomic E-state index is 13.8. The summed E-state index contributed by atoms with van der Waals surface area (Å²) >= 11 is 1.93. The summed E-state index contributed by atoms with van der Waals surface area (Å²) in [5.74, 6) is 0. The minimum Gasteiger partial charge on any atom is -0.336 e. The van der Waals surface area contributed by atoms with Crippen molar-refractivity contribution in [1.82, 2.24) is 20.2 Å². The molecule has 6 aromatic rings. The fourth-order valence-corrected chi connectivity index (χ4v) is 7.49. The van der Waals surface area contributed by atoms with E-state index in [0.717, 1.165) is 64.0 Å². The van der Waals surface area contributed by atoms with E-state index >= 15 is 0 Å². The van der Waals surface area contributed by atoms with E-state index in [-0.39, 0.29) is 64.9 Å². The molecule has 0 aliphatic rings. The highest BCUT2D eigenvalue weighted by Gasteiger charge is 2.33. The number of urea groups is 2. The van der Waals surface area contributed by atoms with Crippen LogP contribution in [0.15, 0.2) is 108 Å². The lowest BCUT2D eigenvalue weighted by atomic mass is 10.1. The van der Waals surface area contributed by atoms with Gasteiger partial charge in [0.05, 0.1) is 38.0 Å². The van der Waals surface area contributed by atoms with Crippen molar-refractivity contribution in [3.8, 4) is 22.5 Å². The molecule has 0 aliphatic carbocycles. The van der Waals surface area contributed by atoms with Gasteiger partial charge in [-0.3, -0.25) is 25.1 Å². The number of likely N-dealkylation sites (N-methyl/N-ethyl adjacent to an activating group) is 1. The van der Waals surface area contributed by atoms with Gasteiger partial charge in [-0.05, 0) is 43.4 Å². The third kappa shape index (κ3) is 11.0. The van der Waals surface area contributed by atoms with Gasteiger partial charge in [0.25, 0.3) is 11.4 Å². The summed E-state index contributed by atoms with van der Waals surface area (Å²) in [5, 5.41) is 31.0. The number of nitrogens with one attached hydrogen (secondary N) is 2. The summed E-state index contributed by atoms with van der Waals surface area (Å²) in [4.78, 5) is 61.7. The molecule has 0 atom stereocenters. The van der Waals surface area contributed by atoms with Crippen molar-refractivity contribution >= 4 is 67.7 Å². The lowest BCUT2D eigenvalue weighted by molar-refractivity contribution is -0.385. The predicted octanol–water partition coefficient (Wildman–Crippen LogP) is 10.3. The molecule has 322 valence electrons. The van der Waals surface area contributed by atoms with Gasteiger partial charge in [0, 0.05) is 78.0 Å². The number of benzene rings is 4. The Hall–Kier alpha value is -6.98. The highest BCUT2D eigenvalue weighted by Crippen LogP contribution is 2.37. The molecule has 4 aromatic carbocycles. The normalized spacial score (nSPS) is 11.6. The molecule has 15 nitrogen and oxygen atoms in total. The Labute approximate surface area is 355 Å². The number of anilines is 4. The number of amides is 4. The number of rotatable bonds is 14. The maximum Gasteiger partial charge on any atom is 0.416 e. The molecule has 62 heavy (non-hydrogen) atoms. The largest absolute Gasteiger partial charge is 0.416 e. The molecule has 0 aliphatic heterocycles. The topological polar surface area (TPSA) is 180 Å². The summed E-state index contributed by atoms with van der Waals surface area (Å²) < 4.78 is 81.5. The average Bonchev–Trinajstić information content (AvgIpc) is 3.92. The quantitative estimate of drug-likeness (QED) is 0.0611. The van der Waals surface area contributed by atoms with Crippen LogP contribution < -0.4 is 20.4 Å². The molecule has 0 bridgehead atoms. The minimum atomic E-state index is -4.74. The van der Waals surface area contributed by atoms with Gasteiger partial charge in [0.2, 0.25) is 0 Å². The van der Waals surface area contributed by atoms with E-state index < -0.39 is 45.4 Å². The molecule has 2 aromatic heterocycles. The van der Waals surface area contributed by atoms with Crippen molar-refractivity contribution in [2.75, 3.05) is 48.3 Å². The standard InChI is InChI=1S/C39H31F6N9O6S2/c1-50(15-14-46-34(55)52(29-11-5-9-27(21-29)39(43,44)45)37-49-33(23-62-37)25-7-3-13-31(19-25)54(59)60)16-17-51(35(56)47-28-10-4-8-26(20-28)38(40,41)42)36-48-32(22-61-36)24-6-2-12-30(18-24)53(57)58/h2-13,18-23H,14-17H2,1H3,(H,46,55)(H,47,56). The van der Waals surface area contributed by atoms with E-state index in [9.17, 15) is 56.2 Å². The molecule has 6 rings (SSSR count). The summed E-state index contributed by atoms with van der Waals surface area (Å²) in [5.41, 5.74) is -1.50. The summed E-state index contributed by atoms with van der Waals surface area (Å²) in [7, 11) is 1.64. The first-order chi connectivity index (χ1) is 29.4. The van der Waals surface area contributed by atoms with Crippen LogP contribution >= 0.6 is 22.7 Å². The number of nitro groups is 2. The van der Waals surface area contributed by atoms with Gasteiger partial charge in [0.15, 0.2) is 10.3 Å². The third-order valence-corrected chi connectivity index (χ3v) is 10.6. The lowest BCUT2D eigenvalue weighted by Crippen LogP contribution is -2.43.